The maximum absolute atomic E-state index is 5.68. The first kappa shape index (κ1) is 11.8. The number of fused-ring (bicyclic) bond motifs is 1. The van der Waals surface area contributed by atoms with Crippen LogP contribution in [0.4, 0.5) is 0 Å². The number of benzene rings is 1. The highest BCUT2D eigenvalue weighted by molar-refractivity contribution is 5.47. The van der Waals surface area contributed by atoms with Gasteiger partial charge in [0.15, 0.2) is 11.5 Å². The zero-order valence-electron chi connectivity index (χ0n) is 10.6. The van der Waals surface area contributed by atoms with Crippen LogP contribution in [0.5, 0.6) is 11.5 Å². The van der Waals surface area contributed by atoms with E-state index in [1.54, 1.807) is 0 Å². The van der Waals surface area contributed by atoms with Gasteiger partial charge in [-0.1, -0.05) is 12.1 Å². The molecule has 1 saturated carbocycles. The fraction of sp³-hybridized carbons (Fsp3) is 0.571. The van der Waals surface area contributed by atoms with Crippen molar-refractivity contribution in [3.05, 3.63) is 23.8 Å². The first-order valence-electron chi connectivity index (χ1n) is 6.75. The fourth-order valence-corrected chi connectivity index (χ4v) is 2.15. The molecule has 18 heavy (non-hydrogen) atoms. The summed E-state index contributed by atoms with van der Waals surface area (Å²) in [4.78, 5) is 0. The summed E-state index contributed by atoms with van der Waals surface area (Å²) >= 11 is 0. The van der Waals surface area contributed by atoms with Crippen LogP contribution >= 0.6 is 0 Å². The molecule has 0 aromatic heterocycles. The summed E-state index contributed by atoms with van der Waals surface area (Å²) in [5, 5.41) is 6.92. The van der Waals surface area contributed by atoms with Crippen molar-refractivity contribution >= 4 is 0 Å². The largest absolute Gasteiger partial charge is 0.486 e. The van der Waals surface area contributed by atoms with Gasteiger partial charge in [0.2, 0.25) is 0 Å². The average molecular weight is 248 g/mol. The lowest BCUT2D eigenvalue weighted by Gasteiger charge is -2.21. The molecule has 3 rings (SSSR count). The first-order valence-corrected chi connectivity index (χ1v) is 6.75. The molecule has 0 bridgehead atoms. The van der Waals surface area contributed by atoms with E-state index in [0.717, 1.165) is 37.2 Å². The number of rotatable bonds is 6. The molecule has 4 heteroatoms. The highest BCUT2D eigenvalue weighted by atomic mass is 16.6. The third-order valence-corrected chi connectivity index (χ3v) is 3.28. The molecular weight excluding hydrogens is 228 g/mol. The quantitative estimate of drug-likeness (QED) is 0.745. The minimum absolute atomic E-state index is 0.646. The summed E-state index contributed by atoms with van der Waals surface area (Å²) in [6.45, 7) is 4.15. The Morgan fingerprint density at radius 1 is 1.11 bits per heavy atom. The van der Waals surface area contributed by atoms with Gasteiger partial charge in [-0.2, -0.15) is 0 Å². The molecule has 1 aliphatic heterocycles. The second kappa shape index (κ2) is 5.59. The van der Waals surface area contributed by atoms with E-state index in [0.29, 0.717) is 13.2 Å². The monoisotopic (exact) mass is 248 g/mol. The van der Waals surface area contributed by atoms with Crippen LogP contribution in [0, 0.1) is 0 Å². The van der Waals surface area contributed by atoms with E-state index in [9.17, 15) is 0 Å². The molecule has 2 N–H and O–H groups in total. The van der Waals surface area contributed by atoms with Crippen LogP contribution in [0.15, 0.2) is 18.2 Å². The summed E-state index contributed by atoms with van der Waals surface area (Å²) in [6.07, 6.45) is 2.69. The summed E-state index contributed by atoms with van der Waals surface area (Å²) in [7, 11) is 0. The van der Waals surface area contributed by atoms with Crippen molar-refractivity contribution < 1.29 is 9.47 Å². The molecule has 0 radical (unpaired) electrons. The minimum Gasteiger partial charge on any atom is -0.486 e. The summed E-state index contributed by atoms with van der Waals surface area (Å²) < 4.78 is 11.2. The van der Waals surface area contributed by atoms with Crippen molar-refractivity contribution in [1.29, 1.82) is 0 Å². The van der Waals surface area contributed by atoms with Crippen LogP contribution < -0.4 is 20.1 Å². The van der Waals surface area contributed by atoms with Gasteiger partial charge in [-0.25, -0.2) is 0 Å². The highest BCUT2D eigenvalue weighted by Gasteiger charge is 2.19. The van der Waals surface area contributed by atoms with Gasteiger partial charge in [-0.05, 0) is 18.9 Å². The Morgan fingerprint density at radius 2 is 2.00 bits per heavy atom. The number of para-hydroxylation sites is 1. The molecule has 0 unspecified atom stereocenters. The predicted molar refractivity (Wildman–Crippen MR) is 70.2 cm³/mol. The maximum Gasteiger partial charge on any atom is 0.165 e. The SMILES string of the molecule is c1cc(CNCCNC2CC2)c2c(c1)OCCO2. The molecule has 2 aliphatic rings. The summed E-state index contributed by atoms with van der Waals surface area (Å²) in [5.41, 5.74) is 1.18. The second-order valence-corrected chi connectivity index (χ2v) is 4.85. The van der Waals surface area contributed by atoms with E-state index in [2.05, 4.69) is 16.7 Å². The summed E-state index contributed by atoms with van der Waals surface area (Å²) in [6, 6.07) is 6.86. The van der Waals surface area contributed by atoms with Crippen molar-refractivity contribution in [3.63, 3.8) is 0 Å². The van der Waals surface area contributed by atoms with E-state index >= 15 is 0 Å². The molecule has 1 aromatic carbocycles. The van der Waals surface area contributed by atoms with Crippen molar-refractivity contribution in [2.75, 3.05) is 26.3 Å². The molecule has 0 spiro atoms. The van der Waals surface area contributed by atoms with Crippen molar-refractivity contribution in [1.82, 2.24) is 10.6 Å². The average Bonchev–Trinajstić information content (AvgIpc) is 3.23. The van der Waals surface area contributed by atoms with Crippen molar-refractivity contribution in [2.45, 2.75) is 25.4 Å². The Morgan fingerprint density at radius 3 is 2.89 bits per heavy atom. The van der Waals surface area contributed by atoms with Crippen LogP contribution in [-0.4, -0.2) is 32.3 Å². The first-order chi connectivity index (χ1) is 8.93. The molecule has 1 aliphatic carbocycles. The number of nitrogens with one attached hydrogen (secondary N) is 2. The smallest absolute Gasteiger partial charge is 0.165 e. The van der Waals surface area contributed by atoms with Gasteiger partial charge in [0.1, 0.15) is 13.2 Å². The van der Waals surface area contributed by atoms with Crippen LogP contribution in [0.3, 0.4) is 0 Å². The van der Waals surface area contributed by atoms with Gasteiger partial charge in [0.25, 0.3) is 0 Å². The molecule has 98 valence electrons. The summed E-state index contributed by atoms with van der Waals surface area (Å²) in [5.74, 6) is 1.78. The Labute approximate surface area is 108 Å². The molecule has 1 heterocycles. The van der Waals surface area contributed by atoms with Gasteiger partial charge in [0, 0.05) is 31.2 Å². The Hall–Kier alpha value is -1.26. The zero-order valence-corrected chi connectivity index (χ0v) is 10.6. The predicted octanol–water partition coefficient (Wildman–Crippen LogP) is 1.30. The minimum atomic E-state index is 0.646. The van der Waals surface area contributed by atoms with Crippen molar-refractivity contribution in [3.8, 4) is 11.5 Å². The lowest BCUT2D eigenvalue weighted by molar-refractivity contribution is 0.169. The highest BCUT2D eigenvalue weighted by Crippen LogP contribution is 2.33. The third kappa shape index (κ3) is 2.94. The van der Waals surface area contributed by atoms with Crippen LogP contribution in [0.1, 0.15) is 18.4 Å². The Kier molecular flexibility index (Phi) is 3.67. The van der Waals surface area contributed by atoms with Gasteiger partial charge in [0.05, 0.1) is 0 Å². The topological polar surface area (TPSA) is 42.5 Å². The van der Waals surface area contributed by atoms with Gasteiger partial charge in [-0.3, -0.25) is 0 Å². The van der Waals surface area contributed by atoms with Crippen LogP contribution in [0.2, 0.25) is 0 Å². The molecule has 0 amide bonds. The van der Waals surface area contributed by atoms with Crippen molar-refractivity contribution in [2.24, 2.45) is 0 Å². The molecule has 0 saturated heterocycles. The van der Waals surface area contributed by atoms with Crippen LogP contribution in [-0.2, 0) is 6.54 Å². The van der Waals surface area contributed by atoms with E-state index in [-0.39, 0.29) is 0 Å². The molecule has 1 aromatic rings. The van der Waals surface area contributed by atoms with E-state index < -0.39 is 0 Å². The second-order valence-electron chi connectivity index (χ2n) is 4.85. The number of ether oxygens (including phenoxy) is 2. The third-order valence-electron chi connectivity index (χ3n) is 3.28. The Balaban J connectivity index is 1.48. The normalized spacial score (nSPS) is 17.8. The van der Waals surface area contributed by atoms with E-state index in [1.165, 1.54) is 18.4 Å². The van der Waals surface area contributed by atoms with Gasteiger partial charge < -0.3 is 20.1 Å². The standard InChI is InChI=1S/C14H20N2O2/c1-2-11(10-15-6-7-16-12-4-5-12)14-13(3-1)17-8-9-18-14/h1-3,12,15-16H,4-10H2. The lowest BCUT2D eigenvalue weighted by Crippen LogP contribution is -2.28. The Bertz CT molecular complexity index is 405. The molecule has 4 nitrogen and oxygen atoms in total. The number of hydrogen-bond acceptors (Lipinski definition) is 4. The maximum atomic E-state index is 5.68. The van der Waals surface area contributed by atoms with E-state index in [1.807, 2.05) is 12.1 Å². The lowest BCUT2D eigenvalue weighted by atomic mass is 10.1. The molecule has 0 atom stereocenters. The van der Waals surface area contributed by atoms with Gasteiger partial charge >= 0.3 is 0 Å². The van der Waals surface area contributed by atoms with E-state index in [4.69, 9.17) is 9.47 Å². The van der Waals surface area contributed by atoms with Gasteiger partial charge in [-0.15, -0.1) is 0 Å². The zero-order chi connectivity index (χ0) is 12.2. The van der Waals surface area contributed by atoms with Crippen LogP contribution in [0.25, 0.3) is 0 Å². The molecule has 1 fully saturated rings. The molecular formula is C14H20N2O2. The fourth-order valence-electron chi connectivity index (χ4n) is 2.15. The number of hydrogen-bond donors (Lipinski definition) is 2.